The van der Waals surface area contributed by atoms with E-state index in [-0.39, 0.29) is 0 Å². The molecule has 1 fully saturated rings. The van der Waals surface area contributed by atoms with Crippen LogP contribution in [0.5, 0.6) is 0 Å². The topological polar surface area (TPSA) is 0 Å². The third-order valence-corrected chi connectivity index (χ3v) is 3.33. The van der Waals surface area contributed by atoms with Crippen LogP contribution in [0.15, 0.2) is 12.2 Å². The van der Waals surface area contributed by atoms with E-state index in [1.807, 2.05) is 0 Å². The smallest absolute Gasteiger partial charge is 0.0294 e. The molecule has 13 heavy (non-hydrogen) atoms. The Morgan fingerprint density at radius 3 is 2.77 bits per heavy atom. The first-order valence-electron chi connectivity index (χ1n) is 5.89. The quantitative estimate of drug-likeness (QED) is 0.544. The van der Waals surface area contributed by atoms with Crippen molar-refractivity contribution in [3.05, 3.63) is 12.2 Å². The molecule has 0 amide bonds. The molecule has 0 aromatic carbocycles. The van der Waals surface area contributed by atoms with E-state index in [0.29, 0.717) is 0 Å². The Hall–Kier alpha value is -0.260. The minimum absolute atomic E-state index is 0.943. The highest BCUT2D eigenvalue weighted by molar-refractivity contribution is 5.01. The maximum atomic E-state index is 4.07. The standard InChI is InChI=1S/C13H24/c1-4-5-11(2)6-8-13-9-7-12(3)10-13/h11,13H,3-10H2,1-2H3. The summed E-state index contributed by atoms with van der Waals surface area (Å²) in [4.78, 5) is 0. The van der Waals surface area contributed by atoms with Crippen molar-refractivity contribution >= 4 is 0 Å². The second-order valence-electron chi connectivity index (χ2n) is 4.83. The second kappa shape index (κ2) is 5.47. The molecule has 0 bridgehead atoms. The molecule has 0 aliphatic heterocycles. The van der Waals surface area contributed by atoms with E-state index in [1.165, 1.54) is 50.5 Å². The molecule has 0 heterocycles. The van der Waals surface area contributed by atoms with Gasteiger partial charge in [-0.05, 0) is 37.5 Å². The lowest BCUT2D eigenvalue weighted by molar-refractivity contribution is 0.400. The summed E-state index contributed by atoms with van der Waals surface area (Å²) in [6.45, 7) is 8.75. The molecule has 1 aliphatic carbocycles. The van der Waals surface area contributed by atoms with Crippen molar-refractivity contribution in [1.82, 2.24) is 0 Å². The van der Waals surface area contributed by atoms with Crippen molar-refractivity contribution in [3.8, 4) is 0 Å². The minimum atomic E-state index is 0.943. The first kappa shape index (κ1) is 10.8. The summed E-state index contributed by atoms with van der Waals surface area (Å²) in [6.07, 6.45) is 9.67. The molecule has 0 N–H and O–H groups in total. The van der Waals surface area contributed by atoms with Gasteiger partial charge in [0.1, 0.15) is 0 Å². The Morgan fingerprint density at radius 1 is 1.46 bits per heavy atom. The van der Waals surface area contributed by atoms with Crippen molar-refractivity contribution in [2.75, 3.05) is 0 Å². The molecule has 0 aromatic rings. The van der Waals surface area contributed by atoms with Crippen LogP contribution in [0.4, 0.5) is 0 Å². The summed E-state index contributed by atoms with van der Waals surface area (Å²) in [6, 6.07) is 0. The fraction of sp³-hybridized carbons (Fsp3) is 0.846. The predicted molar refractivity (Wildman–Crippen MR) is 59.8 cm³/mol. The van der Waals surface area contributed by atoms with Crippen LogP contribution in [0.25, 0.3) is 0 Å². The zero-order valence-corrected chi connectivity index (χ0v) is 9.31. The van der Waals surface area contributed by atoms with Gasteiger partial charge in [-0.3, -0.25) is 0 Å². The average Bonchev–Trinajstić information content (AvgIpc) is 2.49. The largest absolute Gasteiger partial charge is 0.0999 e. The Balaban J connectivity index is 2.08. The molecule has 1 rings (SSSR count). The monoisotopic (exact) mass is 180 g/mol. The molecule has 2 unspecified atom stereocenters. The molecule has 0 nitrogen and oxygen atoms in total. The fourth-order valence-electron chi connectivity index (χ4n) is 2.42. The van der Waals surface area contributed by atoms with Crippen LogP contribution in [0.1, 0.15) is 58.8 Å². The Morgan fingerprint density at radius 2 is 2.23 bits per heavy atom. The van der Waals surface area contributed by atoms with Crippen molar-refractivity contribution in [3.63, 3.8) is 0 Å². The van der Waals surface area contributed by atoms with E-state index in [4.69, 9.17) is 0 Å². The van der Waals surface area contributed by atoms with E-state index < -0.39 is 0 Å². The van der Waals surface area contributed by atoms with Crippen LogP contribution in [0.3, 0.4) is 0 Å². The van der Waals surface area contributed by atoms with Crippen LogP contribution < -0.4 is 0 Å². The summed E-state index contributed by atoms with van der Waals surface area (Å²) in [7, 11) is 0. The van der Waals surface area contributed by atoms with Gasteiger partial charge < -0.3 is 0 Å². The van der Waals surface area contributed by atoms with Gasteiger partial charge in [-0.15, -0.1) is 0 Å². The van der Waals surface area contributed by atoms with Gasteiger partial charge >= 0.3 is 0 Å². The molecule has 0 radical (unpaired) electrons. The summed E-state index contributed by atoms with van der Waals surface area (Å²) in [5.41, 5.74) is 1.49. The third-order valence-electron chi connectivity index (χ3n) is 3.33. The third kappa shape index (κ3) is 3.97. The molecule has 1 saturated carbocycles. The highest BCUT2D eigenvalue weighted by Crippen LogP contribution is 2.33. The second-order valence-corrected chi connectivity index (χ2v) is 4.83. The van der Waals surface area contributed by atoms with Crippen LogP contribution in [-0.4, -0.2) is 0 Å². The maximum Gasteiger partial charge on any atom is -0.0294 e. The number of allylic oxidation sites excluding steroid dienone is 1. The molecule has 2 atom stereocenters. The van der Waals surface area contributed by atoms with Crippen LogP contribution in [0.2, 0.25) is 0 Å². The zero-order chi connectivity index (χ0) is 9.68. The molecule has 1 aliphatic rings. The van der Waals surface area contributed by atoms with Crippen molar-refractivity contribution in [2.24, 2.45) is 11.8 Å². The van der Waals surface area contributed by atoms with E-state index in [1.54, 1.807) is 0 Å². The number of rotatable bonds is 5. The first-order chi connectivity index (χ1) is 6.22. The van der Waals surface area contributed by atoms with E-state index >= 15 is 0 Å². The van der Waals surface area contributed by atoms with Crippen LogP contribution in [0, 0.1) is 11.8 Å². The molecule has 0 aromatic heterocycles. The molecule has 76 valence electrons. The summed E-state index contributed by atoms with van der Waals surface area (Å²) < 4.78 is 0. The summed E-state index contributed by atoms with van der Waals surface area (Å²) >= 11 is 0. The maximum absolute atomic E-state index is 4.07. The average molecular weight is 180 g/mol. The molecule has 0 spiro atoms. The highest BCUT2D eigenvalue weighted by atomic mass is 14.2. The van der Waals surface area contributed by atoms with Crippen molar-refractivity contribution in [2.45, 2.75) is 58.8 Å². The van der Waals surface area contributed by atoms with Gasteiger partial charge in [0.05, 0.1) is 0 Å². The van der Waals surface area contributed by atoms with Gasteiger partial charge in [-0.25, -0.2) is 0 Å². The van der Waals surface area contributed by atoms with Crippen LogP contribution >= 0.6 is 0 Å². The molecular weight excluding hydrogens is 156 g/mol. The fourth-order valence-corrected chi connectivity index (χ4v) is 2.42. The number of hydrogen-bond acceptors (Lipinski definition) is 0. The lowest BCUT2D eigenvalue weighted by Crippen LogP contribution is -1.99. The van der Waals surface area contributed by atoms with Gasteiger partial charge in [-0.1, -0.05) is 45.3 Å². The Labute approximate surface area is 83.4 Å². The zero-order valence-electron chi connectivity index (χ0n) is 9.31. The highest BCUT2D eigenvalue weighted by Gasteiger charge is 2.18. The molecule has 0 saturated heterocycles. The molecule has 0 heteroatoms. The van der Waals surface area contributed by atoms with Gasteiger partial charge in [0.15, 0.2) is 0 Å². The van der Waals surface area contributed by atoms with Crippen molar-refractivity contribution in [1.29, 1.82) is 0 Å². The summed E-state index contributed by atoms with van der Waals surface area (Å²) in [5, 5.41) is 0. The lowest BCUT2D eigenvalue weighted by Gasteiger charge is -2.13. The Kier molecular flexibility index (Phi) is 4.55. The number of hydrogen-bond donors (Lipinski definition) is 0. The Bertz CT molecular complexity index is 157. The normalized spacial score (nSPS) is 25.1. The van der Waals surface area contributed by atoms with Gasteiger partial charge in [0.25, 0.3) is 0 Å². The molecular formula is C13H24. The minimum Gasteiger partial charge on any atom is -0.0999 e. The van der Waals surface area contributed by atoms with Gasteiger partial charge in [0, 0.05) is 0 Å². The van der Waals surface area contributed by atoms with Crippen molar-refractivity contribution < 1.29 is 0 Å². The SMILES string of the molecule is C=C1CCC(CCC(C)CCC)C1. The van der Waals surface area contributed by atoms with E-state index in [9.17, 15) is 0 Å². The van der Waals surface area contributed by atoms with Gasteiger partial charge in [0.2, 0.25) is 0 Å². The van der Waals surface area contributed by atoms with E-state index in [2.05, 4.69) is 20.4 Å². The summed E-state index contributed by atoms with van der Waals surface area (Å²) in [5.74, 6) is 1.92. The lowest BCUT2D eigenvalue weighted by atomic mass is 9.93. The van der Waals surface area contributed by atoms with E-state index in [0.717, 1.165) is 11.8 Å². The first-order valence-corrected chi connectivity index (χ1v) is 5.89. The van der Waals surface area contributed by atoms with Gasteiger partial charge in [-0.2, -0.15) is 0 Å². The predicted octanol–water partition coefficient (Wildman–Crippen LogP) is 4.56. The van der Waals surface area contributed by atoms with Crippen LogP contribution in [-0.2, 0) is 0 Å².